The van der Waals surface area contributed by atoms with E-state index in [2.05, 4.69) is 5.32 Å². The van der Waals surface area contributed by atoms with Crippen LogP contribution in [-0.2, 0) is 27.3 Å². The number of rotatable bonds is 8. The van der Waals surface area contributed by atoms with Crippen molar-refractivity contribution in [1.29, 1.82) is 0 Å². The van der Waals surface area contributed by atoms with Crippen LogP contribution in [0.4, 0.5) is 0 Å². The molecule has 2 rings (SSSR count). The Labute approximate surface area is 159 Å². The molecular formula is C21H25NO5. The van der Waals surface area contributed by atoms with Crippen molar-refractivity contribution in [2.45, 2.75) is 32.9 Å². The Morgan fingerprint density at radius 1 is 1.04 bits per heavy atom. The molecule has 0 aliphatic heterocycles. The molecule has 0 saturated heterocycles. The van der Waals surface area contributed by atoms with Gasteiger partial charge in [-0.2, -0.15) is 0 Å². The van der Waals surface area contributed by atoms with E-state index in [-0.39, 0.29) is 12.3 Å². The van der Waals surface area contributed by atoms with Crippen molar-refractivity contribution in [3.05, 3.63) is 59.2 Å². The van der Waals surface area contributed by atoms with Crippen molar-refractivity contribution in [3.8, 4) is 11.5 Å². The van der Waals surface area contributed by atoms with Gasteiger partial charge in [-0.25, -0.2) is 0 Å². The molecule has 2 aromatic rings. The minimum absolute atomic E-state index is 0.0702. The maximum atomic E-state index is 12.2. The van der Waals surface area contributed by atoms with E-state index in [9.17, 15) is 9.59 Å². The number of ether oxygens (including phenoxy) is 3. The predicted molar refractivity (Wildman–Crippen MR) is 102 cm³/mol. The van der Waals surface area contributed by atoms with Gasteiger partial charge in [0.25, 0.3) is 5.91 Å². The molecule has 0 heterocycles. The van der Waals surface area contributed by atoms with Crippen molar-refractivity contribution in [2.75, 3.05) is 14.2 Å². The van der Waals surface area contributed by atoms with Crippen LogP contribution in [0.15, 0.2) is 42.5 Å². The summed E-state index contributed by atoms with van der Waals surface area (Å²) in [5.41, 5.74) is 2.60. The highest BCUT2D eigenvalue weighted by molar-refractivity contribution is 5.84. The number of esters is 1. The molecule has 0 saturated carbocycles. The van der Waals surface area contributed by atoms with Crippen molar-refractivity contribution in [3.63, 3.8) is 0 Å². The predicted octanol–water partition coefficient (Wildman–Crippen LogP) is 2.80. The van der Waals surface area contributed by atoms with Crippen molar-refractivity contribution in [1.82, 2.24) is 5.32 Å². The third kappa shape index (κ3) is 5.74. The Kier molecular flexibility index (Phi) is 7.23. The van der Waals surface area contributed by atoms with E-state index < -0.39 is 12.1 Å². The molecule has 0 radical (unpaired) electrons. The Morgan fingerprint density at radius 3 is 2.44 bits per heavy atom. The molecule has 0 fully saturated rings. The second-order valence-electron chi connectivity index (χ2n) is 6.14. The summed E-state index contributed by atoms with van der Waals surface area (Å²) in [6, 6.07) is 12.9. The van der Waals surface area contributed by atoms with Crippen LogP contribution in [0.1, 0.15) is 23.6 Å². The number of aryl methyl sites for hydroxylation is 1. The van der Waals surface area contributed by atoms with Crippen LogP contribution in [-0.4, -0.2) is 32.2 Å². The summed E-state index contributed by atoms with van der Waals surface area (Å²) in [6.07, 6.45) is -0.819. The molecule has 0 unspecified atom stereocenters. The van der Waals surface area contributed by atoms with Crippen molar-refractivity contribution in [2.24, 2.45) is 0 Å². The number of amides is 1. The molecule has 1 atom stereocenters. The van der Waals surface area contributed by atoms with E-state index in [1.54, 1.807) is 27.2 Å². The molecule has 0 aromatic heterocycles. The van der Waals surface area contributed by atoms with Gasteiger partial charge in [-0.3, -0.25) is 9.59 Å². The highest BCUT2D eigenvalue weighted by atomic mass is 16.5. The zero-order valence-corrected chi connectivity index (χ0v) is 16.1. The van der Waals surface area contributed by atoms with Crippen LogP contribution in [0.5, 0.6) is 11.5 Å². The molecule has 2 aromatic carbocycles. The number of benzene rings is 2. The van der Waals surface area contributed by atoms with Crippen LogP contribution in [0.3, 0.4) is 0 Å². The molecule has 6 heteroatoms. The second-order valence-corrected chi connectivity index (χ2v) is 6.14. The third-order valence-corrected chi connectivity index (χ3v) is 4.14. The van der Waals surface area contributed by atoms with Gasteiger partial charge in [-0.05, 0) is 37.1 Å². The SMILES string of the molecule is COc1cc(CC(=O)O[C@H](C)C(=O)NCc2ccccc2OC)ccc1C. The highest BCUT2D eigenvalue weighted by Crippen LogP contribution is 2.20. The number of hydrogen-bond acceptors (Lipinski definition) is 5. The smallest absolute Gasteiger partial charge is 0.311 e. The maximum absolute atomic E-state index is 12.2. The van der Waals surface area contributed by atoms with Gasteiger partial charge in [0.05, 0.1) is 20.6 Å². The first-order valence-corrected chi connectivity index (χ1v) is 8.67. The zero-order valence-electron chi connectivity index (χ0n) is 16.1. The Hall–Kier alpha value is -3.02. The van der Waals surface area contributed by atoms with Gasteiger partial charge in [-0.15, -0.1) is 0 Å². The summed E-state index contributed by atoms with van der Waals surface area (Å²) in [5, 5.41) is 2.75. The quantitative estimate of drug-likeness (QED) is 0.723. The van der Waals surface area contributed by atoms with Gasteiger partial charge in [0.2, 0.25) is 0 Å². The summed E-state index contributed by atoms with van der Waals surface area (Å²) < 4.78 is 15.7. The van der Waals surface area contributed by atoms with Crippen molar-refractivity contribution >= 4 is 11.9 Å². The summed E-state index contributed by atoms with van der Waals surface area (Å²) >= 11 is 0. The normalized spacial score (nSPS) is 11.4. The van der Waals surface area contributed by atoms with Gasteiger partial charge in [0.15, 0.2) is 6.10 Å². The summed E-state index contributed by atoms with van der Waals surface area (Å²) in [5.74, 6) is 0.565. The number of carbonyl (C=O) groups excluding carboxylic acids is 2. The first kappa shape index (κ1) is 20.3. The van der Waals surface area contributed by atoms with Gasteiger partial charge >= 0.3 is 5.97 Å². The fourth-order valence-corrected chi connectivity index (χ4v) is 2.61. The molecule has 0 aliphatic carbocycles. The van der Waals surface area contributed by atoms with Crippen molar-refractivity contribution < 1.29 is 23.8 Å². The summed E-state index contributed by atoms with van der Waals surface area (Å²) in [6.45, 7) is 3.76. The first-order chi connectivity index (χ1) is 12.9. The largest absolute Gasteiger partial charge is 0.496 e. The zero-order chi connectivity index (χ0) is 19.8. The van der Waals surface area contributed by atoms with Crippen LogP contribution in [0, 0.1) is 6.92 Å². The molecule has 0 spiro atoms. The molecule has 0 aliphatic rings. The second kappa shape index (κ2) is 9.62. The lowest BCUT2D eigenvalue weighted by atomic mass is 10.1. The number of carbonyl (C=O) groups is 2. The highest BCUT2D eigenvalue weighted by Gasteiger charge is 2.18. The average molecular weight is 371 g/mol. The van der Waals surface area contributed by atoms with Gasteiger partial charge < -0.3 is 19.5 Å². The summed E-state index contributed by atoms with van der Waals surface area (Å²) in [4.78, 5) is 24.3. The molecule has 27 heavy (non-hydrogen) atoms. The van der Waals surface area contributed by atoms with E-state index in [4.69, 9.17) is 14.2 Å². The molecule has 1 N–H and O–H groups in total. The molecule has 0 bridgehead atoms. The molecular weight excluding hydrogens is 346 g/mol. The lowest BCUT2D eigenvalue weighted by molar-refractivity contribution is -0.154. The number of para-hydroxylation sites is 1. The number of hydrogen-bond donors (Lipinski definition) is 1. The first-order valence-electron chi connectivity index (χ1n) is 8.67. The molecule has 6 nitrogen and oxygen atoms in total. The molecule has 1 amide bonds. The fraction of sp³-hybridized carbons (Fsp3) is 0.333. The lowest BCUT2D eigenvalue weighted by Crippen LogP contribution is -2.35. The van der Waals surface area contributed by atoms with Crippen LogP contribution in [0.2, 0.25) is 0 Å². The number of methoxy groups -OCH3 is 2. The third-order valence-electron chi connectivity index (χ3n) is 4.14. The van der Waals surface area contributed by atoms with Crippen LogP contribution < -0.4 is 14.8 Å². The number of nitrogens with one attached hydrogen (secondary N) is 1. The Balaban J connectivity index is 1.87. The van der Waals surface area contributed by atoms with E-state index in [0.29, 0.717) is 18.0 Å². The maximum Gasteiger partial charge on any atom is 0.311 e. The average Bonchev–Trinajstić information content (AvgIpc) is 2.67. The Morgan fingerprint density at radius 2 is 1.74 bits per heavy atom. The fourth-order valence-electron chi connectivity index (χ4n) is 2.61. The van der Waals surface area contributed by atoms with Gasteiger partial charge in [0, 0.05) is 12.1 Å². The minimum atomic E-state index is -0.889. The van der Waals surface area contributed by atoms with E-state index >= 15 is 0 Å². The topological polar surface area (TPSA) is 73.9 Å². The minimum Gasteiger partial charge on any atom is -0.496 e. The van der Waals surface area contributed by atoms with Gasteiger partial charge in [-0.1, -0.05) is 30.3 Å². The van der Waals surface area contributed by atoms with Crippen LogP contribution >= 0.6 is 0 Å². The Bertz CT molecular complexity index is 803. The van der Waals surface area contributed by atoms with Gasteiger partial charge in [0.1, 0.15) is 11.5 Å². The standard InChI is InChI=1S/C21H25NO5/c1-14-9-10-16(11-19(14)26-4)12-20(23)27-15(2)21(24)22-13-17-7-5-6-8-18(17)25-3/h5-11,15H,12-13H2,1-4H3,(H,22,24)/t15-/m1/s1. The monoisotopic (exact) mass is 371 g/mol. The summed E-state index contributed by atoms with van der Waals surface area (Å²) in [7, 11) is 3.16. The van der Waals surface area contributed by atoms with E-state index in [0.717, 1.165) is 16.7 Å². The van der Waals surface area contributed by atoms with E-state index in [1.807, 2.05) is 43.3 Å². The van der Waals surface area contributed by atoms with Crippen LogP contribution in [0.25, 0.3) is 0 Å². The van der Waals surface area contributed by atoms with E-state index in [1.165, 1.54) is 0 Å². The molecule has 144 valence electrons. The lowest BCUT2D eigenvalue weighted by Gasteiger charge is -2.15.